The van der Waals surface area contributed by atoms with Gasteiger partial charge >= 0.3 is 35.5 Å². The molecule has 15 heavy (non-hydrogen) atoms. The van der Waals surface area contributed by atoms with Gasteiger partial charge in [0.2, 0.25) is 0 Å². The normalized spacial score (nSPS) is 9.47. The topological polar surface area (TPSA) is 52.3 Å². The molecule has 0 fully saturated rings. The molecular weight excluding hydrogens is 201 g/mol. The van der Waals surface area contributed by atoms with Crippen LogP contribution in [0.25, 0.3) is 0 Å². The van der Waals surface area contributed by atoms with Crippen LogP contribution in [0.3, 0.4) is 0 Å². The van der Waals surface area contributed by atoms with Crippen molar-refractivity contribution in [2.75, 3.05) is 0 Å². The van der Waals surface area contributed by atoms with Gasteiger partial charge < -0.3 is 4.84 Å². The van der Waals surface area contributed by atoms with Gasteiger partial charge in [-0.3, -0.25) is 4.79 Å². The molecule has 4 heteroatoms. The second-order valence-electron chi connectivity index (χ2n) is 3.71. The van der Waals surface area contributed by atoms with E-state index in [2.05, 4.69) is 11.8 Å². The second kappa shape index (κ2) is 14.4. The molecule has 0 rings (SSSR count). The summed E-state index contributed by atoms with van der Waals surface area (Å²) in [5.41, 5.74) is 0. The fourth-order valence-electron chi connectivity index (χ4n) is 1.46. The number of carbonyl (C=O) groups is 1. The van der Waals surface area contributed by atoms with Crippen molar-refractivity contribution in [3.05, 3.63) is 0 Å². The van der Waals surface area contributed by atoms with Gasteiger partial charge in [0.15, 0.2) is 0 Å². The summed E-state index contributed by atoms with van der Waals surface area (Å²) in [5.74, 6) is 4.42. The van der Waals surface area contributed by atoms with Crippen LogP contribution >= 0.6 is 0 Å². The van der Waals surface area contributed by atoms with Crippen molar-refractivity contribution in [2.45, 2.75) is 64.7 Å². The van der Waals surface area contributed by atoms with Crippen molar-refractivity contribution in [3.8, 4) is 0 Å². The average Bonchev–Trinajstić information content (AvgIpc) is 2.21. The van der Waals surface area contributed by atoms with E-state index in [4.69, 9.17) is 5.90 Å². The summed E-state index contributed by atoms with van der Waals surface area (Å²) in [4.78, 5) is 14.7. The summed E-state index contributed by atoms with van der Waals surface area (Å²) < 4.78 is 0. The molecule has 0 radical (unpaired) electrons. The molecule has 0 aliphatic carbocycles. The molecule has 86 valence electrons. The zero-order chi connectivity index (χ0) is 10.6. The first kappa shape index (κ1) is 17.8. The van der Waals surface area contributed by atoms with Gasteiger partial charge in [0, 0.05) is 6.42 Å². The Hall–Kier alpha value is 0.430. The van der Waals surface area contributed by atoms with Crippen LogP contribution in [0.4, 0.5) is 0 Å². The summed E-state index contributed by atoms with van der Waals surface area (Å²) in [7, 11) is 0. The molecule has 3 nitrogen and oxygen atoms in total. The van der Waals surface area contributed by atoms with Gasteiger partial charge in [-0.05, 0) is 6.42 Å². The van der Waals surface area contributed by atoms with Crippen molar-refractivity contribution in [3.63, 3.8) is 0 Å². The van der Waals surface area contributed by atoms with E-state index in [1.54, 1.807) is 0 Å². The van der Waals surface area contributed by atoms with Crippen molar-refractivity contribution in [1.29, 1.82) is 0 Å². The van der Waals surface area contributed by atoms with E-state index in [9.17, 15) is 4.79 Å². The van der Waals surface area contributed by atoms with Gasteiger partial charge in [-0.2, -0.15) is 5.90 Å². The first-order valence-electron chi connectivity index (χ1n) is 5.70. The Balaban J connectivity index is 0. The molecule has 0 heterocycles. The predicted octanol–water partition coefficient (Wildman–Crippen LogP) is 2.29. The Morgan fingerprint density at radius 1 is 1.00 bits per heavy atom. The number of unbranched alkanes of at least 4 members (excludes halogenated alkanes) is 7. The van der Waals surface area contributed by atoms with Crippen molar-refractivity contribution in [2.24, 2.45) is 5.90 Å². The van der Waals surface area contributed by atoms with Crippen molar-refractivity contribution < 1.29 is 9.63 Å². The predicted molar refractivity (Wildman–Crippen MR) is 64.7 cm³/mol. The molecule has 2 N–H and O–H groups in total. The van der Waals surface area contributed by atoms with Crippen LogP contribution in [0, 0.1) is 0 Å². The molecule has 0 unspecified atom stereocenters. The molecule has 0 aliphatic rings. The van der Waals surface area contributed by atoms with Crippen LogP contribution in [-0.2, 0) is 9.63 Å². The Morgan fingerprint density at radius 3 is 1.93 bits per heavy atom. The Bertz CT molecular complexity index is 143. The van der Waals surface area contributed by atoms with Crippen molar-refractivity contribution in [1.82, 2.24) is 0 Å². The number of hydrogen-bond acceptors (Lipinski definition) is 3. The van der Waals surface area contributed by atoms with E-state index < -0.39 is 0 Å². The van der Waals surface area contributed by atoms with E-state index in [1.807, 2.05) is 0 Å². The molecule has 0 atom stereocenters. The zero-order valence-corrected chi connectivity index (χ0v) is 9.26. The SMILES string of the molecule is CCCCCCCCCCC(=O)ON.[NaH]. The van der Waals surface area contributed by atoms with Gasteiger partial charge in [0.1, 0.15) is 0 Å². The van der Waals surface area contributed by atoms with E-state index in [1.165, 1.54) is 38.5 Å². The van der Waals surface area contributed by atoms with Gasteiger partial charge in [-0.15, -0.1) is 0 Å². The van der Waals surface area contributed by atoms with Gasteiger partial charge in [0.05, 0.1) is 0 Å². The number of carbonyl (C=O) groups excluding carboxylic acids is 1. The second-order valence-corrected chi connectivity index (χ2v) is 3.71. The third-order valence-corrected chi connectivity index (χ3v) is 2.37. The summed E-state index contributed by atoms with van der Waals surface area (Å²) in [5, 5.41) is 0. The monoisotopic (exact) mass is 225 g/mol. The van der Waals surface area contributed by atoms with E-state index >= 15 is 0 Å². The quantitative estimate of drug-likeness (QED) is 0.372. The first-order valence-corrected chi connectivity index (χ1v) is 5.70. The standard InChI is InChI=1S/C11H23NO2.Na.H/c1-2-3-4-5-6-7-8-9-10-11(13)14-12;;/h2-10,12H2,1H3;;. The average molecular weight is 225 g/mol. The van der Waals surface area contributed by atoms with Crippen molar-refractivity contribution >= 4 is 35.5 Å². The van der Waals surface area contributed by atoms with E-state index in [-0.39, 0.29) is 35.5 Å². The minimum atomic E-state index is -0.295. The Morgan fingerprint density at radius 2 is 1.47 bits per heavy atom. The van der Waals surface area contributed by atoms with Gasteiger partial charge in [0.25, 0.3) is 0 Å². The minimum absolute atomic E-state index is 0. The maximum absolute atomic E-state index is 10.6. The molecule has 0 aromatic carbocycles. The molecule has 0 spiro atoms. The molecular formula is C11H24NNaO2. The summed E-state index contributed by atoms with van der Waals surface area (Å²) in [6, 6.07) is 0. The molecule has 0 amide bonds. The van der Waals surface area contributed by atoms with Gasteiger partial charge in [-0.25, -0.2) is 0 Å². The fraction of sp³-hybridized carbons (Fsp3) is 0.909. The van der Waals surface area contributed by atoms with Crippen LogP contribution in [0.15, 0.2) is 0 Å². The maximum atomic E-state index is 10.6. The van der Waals surface area contributed by atoms with Crippen LogP contribution in [0.2, 0.25) is 0 Å². The number of hydrogen-bond donors (Lipinski definition) is 1. The third-order valence-electron chi connectivity index (χ3n) is 2.37. The first-order chi connectivity index (χ1) is 6.81. The van der Waals surface area contributed by atoms with E-state index in [0.29, 0.717) is 6.42 Å². The third kappa shape index (κ3) is 14.4. The van der Waals surface area contributed by atoms with E-state index in [0.717, 1.165) is 12.8 Å². The molecule has 0 saturated heterocycles. The summed E-state index contributed by atoms with van der Waals surface area (Å²) in [6.07, 6.45) is 10.3. The number of nitrogens with two attached hydrogens (primary N) is 1. The van der Waals surface area contributed by atoms with Gasteiger partial charge in [-0.1, -0.05) is 51.9 Å². The number of rotatable bonds is 9. The summed E-state index contributed by atoms with van der Waals surface area (Å²) >= 11 is 0. The molecule has 0 aliphatic heterocycles. The zero-order valence-electron chi connectivity index (χ0n) is 9.26. The van der Waals surface area contributed by atoms with Crippen LogP contribution in [-0.4, -0.2) is 35.5 Å². The molecule has 0 aromatic heterocycles. The van der Waals surface area contributed by atoms with Crippen LogP contribution < -0.4 is 5.90 Å². The summed E-state index contributed by atoms with van der Waals surface area (Å²) in [6.45, 7) is 2.22. The van der Waals surface area contributed by atoms with Crippen LogP contribution in [0.1, 0.15) is 64.7 Å². The Labute approximate surface area is 115 Å². The Kier molecular flexibility index (Phi) is 17.1. The fourth-order valence-corrected chi connectivity index (χ4v) is 1.46. The van der Waals surface area contributed by atoms with Crippen LogP contribution in [0.5, 0.6) is 0 Å². The molecule has 0 saturated carbocycles. The molecule has 0 bridgehead atoms. The molecule has 0 aromatic rings.